The number of esters is 1. The van der Waals surface area contributed by atoms with Crippen LogP contribution in [0.3, 0.4) is 0 Å². The van der Waals surface area contributed by atoms with E-state index in [1.54, 1.807) is 9.25 Å². The third-order valence-electron chi connectivity index (χ3n) is 4.19. The van der Waals surface area contributed by atoms with Crippen LogP contribution in [0, 0.1) is 10.7 Å². The van der Waals surface area contributed by atoms with Crippen molar-refractivity contribution in [3.63, 3.8) is 0 Å². The van der Waals surface area contributed by atoms with E-state index < -0.39 is 0 Å². The van der Waals surface area contributed by atoms with Crippen molar-refractivity contribution in [2.45, 2.75) is 39.3 Å². The minimum Gasteiger partial charge on any atom is -0.466 e. The summed E-state index contributed by atoms with van der Waals surface area (Å²) >= 11 is 5.41. The molecule has 1 saturated heterocycles. The summed E-state index contributed by atoms with van der Waals surface area (Å²) in [5.41, 5.74) is 5.19. The molecule has 1 aliphatic rings. The molecule has 0 aliphatic carbocycles. The van der Waals surface area contributed by atoms with Gasteiger partial charge in [0.25, 0.3) is 0 Å². The fraction of sp³-hybridized carbons (Fsp3) is 0.733. The van der Waals surface area contributed by atoms with Crippen molar-refractivity contribution >= 4 is 24.1 Å². The number of piperidine rings is 1. The van der Waals surface area contributed by atoms with E-state index in [-0.39, 0.29) is 24.2 Å². The first kappa shape index (κ1) is 18.6. The molecule has 2 heterocycles. The Morgan fingerprint density at radius 2 is 2.21 bits per heavy atom. The summed E-state index contributed by atoms with van der Waals surface area (Å²) in [5, 5.41) is 4.49. The fourth-order valence-corrected chi connectivity index (χ4v) is 3.11. The van der Waals surface area contributed by atoms with Crippen LogP contribution in [-0.4, -0.2) is 50.8 Å². The summed E-state index contributed by atoms with van der Waals surface area (Å²) < 4.78 is 9.25. The number of primary amides is 1. The molecule has 9 heteroatoms. The first-order chi connectivity index (χ1) is 11.4. The van der Waals surface area contributed by atoms with Crippen molar-refractivity contribution in [3.05, 3.63) is 10.6 Å². The highest BCUT2D eigenvalue weighted by molar-refractivity contribution is 7.71. The highest BCUT2D eigenvalue weighted by Gasteiger charge is 2.27. The van der Waals surface area contributed by atoms with E-state index in [1.807, 2.05) is 14.0 Å². The van der Waals surface area contributed by atoms with Gasteiger partial charge in [-0.2, -0.15) is 5.10 Å². The van der Waals surface area contributed by atoms with Gasteiger partial charge in [-0.25, -0.2) is 4.68 Å². The van der Waals surface area contributed by atoms with Gasteiger partial charge in [-0.05, 0) is 38.5 Å². The van der Waals surface area contributed by atoms with Gasteiger partial charge in [-0.15, -0.1) is 0 Å². The van der Waals surface area contributed by atoms with Gasteiger partial charge in [0.1, 0.15) is 5.82 Å². The lowest BCUT2D eigenvalue weighted by Gasteiger charge is -2.31. The Morgan fingerprint density at radius 1 is 1.46 bits per heavy atom. The van der Waals surface area contributed by atoms with Gasteiger partial charge < -0.3 is 15.0 Å². The SMILES string of the molecule is CCOC(=O)[C@H]1CCCN(Cn2nc(CCC(N)=O)n(C)c2=S)C1. The average Bonchev–Trinajstić information content (AvgIpc) is 2.81. The molecule has 1 atom stereocenters. The van der Waals surface area contributed by atoms with Gasteiger partial charge in [0.2, 0.25) is 5.91 Å². The number of hydrogen-bond acceptors (Lipinski definition) is 6. The highest BCUT2D eigenvalue weighted by Crippen LogP contribution is 2.18. The summed E-state index contributed by atoms with van der Waals surface area (Å²) in [6, 6.07) is 0. The minimum absolute atomic E-state index is 0.0917. The number of aromatic nitrogens is 3. The number of hydrogen-bond donors (Lipinski definition) is 1. The van der Waals surface area contributed by atoms with Crippen molar-refractivity contribution < 1.29 is 14.3 Å². The molecular formula is C15H25N5O3S. The summed E-state index contributed by atoms with van der Waals surface area (Å²) in [6.07, 6.45) is 2.51. The van der Waals surface area contributed by atoms with Crippen LogP contribution in [0.4, 0.5) is 0 Å². The van der Waals surface area contributed by atoms with Crippen LogP contribution in [0.15, 0.2) is 0 Å². The van der Waals surface area contributed by atoms with Crippen LogP contribution in [0.5, 0.6) is 0 Å². The number of rotatable bonds is 7. The van der Waals surface area contributed by atoms with Gasteiger partial charge in [-0.1, -0.05) is 0 Å². The predicted molar refractivity (Wildman–Crippen MR) is 90.5 cm³/mol. The monoisotopic (exact) mass is 355 g/mol. The molecular weight excluding hydrogens is 330 g/mol. The lowest BCUT2D eigenvalue weighted by atomic mass is 9.99. The predicted octanol–water partition coefficient (Wildman–Crippen LogP) is 0.602. The number of nitrogens with zero attached hydrogens (tertiary/aromatic N) is 4. The van der Waals surface area contributed by atoms with E-state index in [2.05, 4.69) is 10.00 Å². The Hall–Kier alpha value is -1.74. The number of ether oxygens (including phenoxy) is 1. The third kappa shape index (κ3) is 4.64. The third-order valence-corrected chi connectivity index (χ3v) is 4.67. The minimum atomic E-state index is -0.358. The van der Waals surface area contributed by atoms with E-state index in [0.717, 1.165) is 25.2 Å². The highest BCUT2D eigenvalue weighted by atomic mass is 32.1. The van der Waals surface area contributed by atoms with Gasteiger partial charge in [0.15, 0.2) is 4.77 Å². The van der Waals surface area contributed by atoms with Crippen molar-refractivity contribution in [1.82, 2.24) is 19.2 Å². The Bertz CT molecular complexity index is 654. The van der Waals surface area contributed by atoms with Crippen molar-refractivity contribution in [3.8, 4) is 0 Å². The normalized spacial score (nSPS) is 18.5. The molecule has 1 aromatic heterocycles. The molecule has 0 radical (unpaired) electrons. The standard InChI is InChI=1S/C15H25N5O3S/c1-3-23-14(22)11-5-4-8-19(9-11)10-20-15(24)18(2)13(17-20)7-6-12(16)21/h11H,3-10H2,1-2H3,(H2,16,21)/t11-/m0/s1. The summed E-state index contributed by atoms with van der Waals surface area (Å²) in [7, 11) is 1.83. The van der Waals surface area contributed by atoms with Crippen molar-refractivity contribution in [1.29, 1.82) is 0 Å². The molecule has 0 aromatic carbocycles. The smallest absolute Gasteiger partial charge is 0.310 e. The molecule has 24 heavy (non-hydrogen) atoms. The first-order valence-corrected chi connectivity index (χ1v) is 8.63. The molecule has 1 aliphatic heterocycles. The average molecular weight is 355 g/mol. The van der Waals surface area contributed by atoms with Crippen LogP contribution in [0.25, 0.3) is 0 Å². The van der Waals surface area contributed by atoms with E-state index in [0.29, 0.717) is 31.0 Å². The number of nitrogens with two attached hydrogens (primary N) is 1. The molecule has 1 aromatic rings. The van der Waals surface area contributed by atoms with Crippen LogP contribution in [0.1, 0.15) is 32.0 Å². The molecule has 0 bridgehead atoms. The maximum Gasteiger partial charge on any atom is 0.310 e. The second-order valence-corrected chi connectivity index (χ2v) is 6.40. The van der Waals surface area contributed by atoms with Gasteiger partial charge in [-0.3, -0.25) is 14.5 Å². The summed E-state index contributed by atoms with van der Waals surface area (Å²) in [4.78, 5) is 25.0. The second kappa shape index (κ2) is 8.39. The van der Waals surface area contributed by atoms with Gasteiger partial charge in [0.05, 0.1) is 19.2 Å². The molecule has 134 valence electrons. The largest absolute Gasteiger partial charge is 0.466 e. The topological polar surface area (TPSA) is 95.4 Å². The zero-order valence-electron chi connectivity index (χ0n) is 14.2. The Morgan fingerprint density at radius 3 is 2.88 bits per heavy atom. The molecule has 1 fully saturated rings. The van der Waals surface area contributed by atoms with Gasteiger partial charge in [0, 0.05) is 26.4 Å². The molecule has 0 spiro atoms. The van der Waals surface area contributed by atoms with E-state index >= 15 is 0 Å². The molecule has 0 saturated carbocycles. The Balaban J connectivity index is 2.02. The maximum absolute atomic E-state index is 11.9. The Labute approximate surface area is 146 Å². The second-order valence-electron chi connectivity index (χ2n) is 6.03. The van der Waals surface area contributed by atoms with Crippen LogP contribution in [-0.2, 0) is 34.5 Å². The molecule has 2 N–H and O–H groups in total. The van der Waals surface area contributed by atoms with Gasteiger partial charge >= 0.3 is 5.97 Å². The zero-order chi connectivity index (χ0) is 17.7. The molecule has 2 rings (SSSR count). The summed E-state index contributed by atoms with van der Waals surface area (Å²) in [5.74, 6) is 0.154. The van der Waals surface area contributed by atoms with Crippen molar-refractivity contribution in [2.75, 3.05) is 19.7 Å². The lowest BCUT2D eigenvalue weighted by Crippen LogP contribution is -2.40. The lowest BCUT2D eigenvalue weighted by molar-refractivity contribution is -0.150. The number of aryl methyl sites for hydroxylation is 1. The number of carbonyl (C=O) groups excluding carboxylic acids is 2. The number of amides is 1. The number of carbonyl (C=O) groups is 2. The van der Waals surface area contributed by atoms with Crippen LogP contribution in [0.2, 0.25) is 0 Å². The Kier molecular flexibility index (Phi) is 6.50. The van der Waals surface area contributed by atoms with Crippen LogP contribution < -0.4 is 5.73 Å². The first-order valence-electron chi connectivity index (χ1n) is 8.22. The molecule has 1 amide bonds. The van der Waals surface area contributed by atoms with Crippen molar-refractivity contribution in [2.24, 2.45) is 18.7 Å². The summed E-state index contributed by atoms with van der Waals surface area (Å²) in [6.45, 7) is 4.29. The quantitative estimate of drug-likeness (QED) is 0.568. The zero-order valence-corrected chi connectivity index (χ0v) is 15.0. The molecule has 0 unspecified atom stereocenters. The van der Waals surface area contributed by atoms with E-state index in [1.165, 1.54) is 0 Å². The molecule has 8 nitrogen and oxygen atoms in total. The van der Waals surface area contributed by atoms with Crippen LogP contribution >= 0.6 is 12.2 Å². The fourth-order valence-electron chi connectivity index (χ4n) is 2.90. The van der Waals surface area contributed by atoms with E-state index in [9.17, 15) is 9.59 Å². The number of likely N-dealkylation sites (tertiary alicyclic amines) is 1. The maximum atomic E-state index is 11.9. The van der Waals surface area contributed by atoms with E-state index in [4.69, 9.17) is 22.7 Å².